The van der Waals surface area contributed by atoms with E-state index < -0.39 is 0 Å². The van der Waals surface area contributed by atoms with Crippen LogP contribution in [-0.2, 0) is 11.2 Å². The minimum absolute atomic E-state index is 0.106. The Morgan fingerprint density at radius 1 is 1.47 bits per heavy atom. The molecule has 1 aromatic carbocycles. The van der Waals surface area contributed by atoms with Crippen molar-refractivity contribution in [1.82, 2.24) is 4.90 Å². The fourth-order valence-electron chi connectivity index (χ4n) is 2.43. The highest BCUT2D eigenvalue weighted by atomic mass is 16.5. The predicted octanol–water partition coefficient (Wildman–Crippen LogP) is 1.47. The molecule has 1 aliphatic carbocycles. The number of hydrogen-bond acceptors (Lipinski definition) is 3. The maximum atomic E-state index is 12.1. The lowest BCUT2D eigenvalue weighted by Gasteiger charge is -2.34. The van der Waals surface area contributed by atoms with E-state index in [0.29, 0.717) is 12.3 Å². The van der Waals surface area contributed by atoms with E-state index >= 15 is 0 Å². The van der Waals surface area contributed by atoms with Crippen molar-refractivity contribution < 1.29 is 14.6 Å². The number of hydrogen-bond donors (Lipinski definition) is 1. The summed E-state index contributed by atoms with van der Waals surface area (Å²) in [6, 6.07) is 7.58. The molecule has 1 saturated carbocycles. The molecule has 1 aromatic rings. The third-order valence-electron chi connectivity index (χ3n) is 3.66. The van der Waals surface area contributed by atoms with Crippen LogP contribution in [0.3, 0.4) is 0 Å². The molecular formula is C15H21NO3. The Kier molecular flexibility index (Phi) is 4.43. The molecule has 0 atom stereocenters. The molecule has 0 unspecified atom stereocenters. The Morgan fingerprint density at radius 3 is 2.84 bits per heavy atom. The number of carbonyl (C=O) groups excluding carboxylic acids is 1. The summed E-state index contributed by atoms with van der Waals surface area (Å²) in [7, 11) is 3.45. The molecule has 104 valence electrons. The molecule has 2 rings (SSSR count). The van der Waals surface area contributed by atoms with Crippen LogP contribution < -0.4 is 4.74 Å². The quantitative estimate of drug-likeness (QED) is 0.875. The number of aliphatic hydroxyl groups is 1. The Morgan fingerprint density at radius 2 is 2.21 bits per heavy atom. The second-order valence-corrected chi connectivity index (χ2v) is 5.29. The van der Waals surface area contributed by atoms with Gasteiger partial charge in [0.1, 0.15) is 5.75 Å². The van der Waals surface area contributed by atoms with Gasteiger partial charge in [0.2, 0.25) is 5.91 Å². The molecule has 0 spiro atoms. The first-order valence-corrected chi connectivity index (χ1v) is 6.63. The summed E-state index contributed by atoms with van der Waals surface area (Å²) >= 11 is 0. The molecule has 0 aromatic heterocycles. The van der Waals surface area contributed by atoms with Crippen LogP contribution in [0.25, 0.3) is 0 Å². The minimum Gasteiger partial charge on any atom is -0.497 e. The van der Waals surface area contributed by atoms with E-state index in [2.05, 4.69) is 0 Å². The molecule has 1 N–H and O–H groups in total. The Balaban J connectivity index is 1.85. The van der Waals surface area contributed by atoms with Crippen molar-refractivity contribution in [3.63, 3.8) is 0 Å². The largest absolute Gasteiger partial charge is 0.497 e. The van der Waals surface area contributed by atoms with Crippen molar-refractivity contribution >= 4 is 5.91 Å². The molecule has 1 amide bonds. The number of rotatable bonds is 5. The molecule has 0 saturated heterocycles. The molecule has 0 heterocycles. The number of aliphatic hydroxyl groups excluding tert-OH is 1. The summed E-state index contributed by atoms with van der Waals surface area (Å²) in [5.74, 6) is 1.33. The van der Waals surface area contributed by atoms with Gasteiger partial charge in [0.15, 0.2) is 0 Å². The average Bonchev–Trinajstić information content (AvgIpc) is 2.37. The van der Waals surface area contributed by atoms with Gasteiger partial charge in [-0.05, 0) is 36.5 Å². The van der Waals surface area contributed by atoms with Crippen LogP contribution >= 0.6 is 0 Å². The number of amides is 1. The SMILES string of the molecule is COc1cccc(CC(=O)N(C)CC2CC(O)C2)c1. The van der Waals surface area contributed by atoms with Crippen molar-refractivity contribution in [2.24, 2.45) is 5.92 Å². The highest BCUT2D eigenvalue weighted by Gasteiger charge is 2.28. The number of benzene rings is 1. The number of likely N-dealkylation sites (N-methyl/N-ethyl adjacent to an activating group) is 1. The molecule has 1 fully saturated rings. The standard InChI is InChI=1S/C15H21NO3/c1-16(10-12-6-13(17)7-12)15(18)9-11-4-3-5-14(8-11)19-2/h3-5,8,12-13,17H,6-7,9-10H2,1-2H3. The Hall–Kier alpha value is -1.55. The van der Waals surface area contributed by atoms with Crippen LogP contribution in [0.5, 0.6) is 5.75 Å². The van der Waals surface area contributed by atoms with Crippen molar-refractivity contribution in [1.29, 1.82) is 0 Å². The van der Waals surface area contributed by atoms with Gasteiger partial charge in [-0.15, -0.1) is 0 Å². The zero-order valence-corrected chi connectivity index (χ0v) is 11.5. The second-order valence-electron chi connectivity index (χ2n) is 5.29. The van der Waals surface area contributed by atoms with Crippen LogP contribution in [-0.4, -0.2) is 42.7 Å². The van der Waals surface area contributed by atoms with Gasteiger partial charge in [-0.3, -0.25) is 4.79 Å². The zero-order chi connectivity index (χ0) is 13.8. The summed E-state index contributed by atoms with van der Waals surface area (Å²) in [4.78, 5) is 13.9. The van der Waals surface area contributed by atoms with E-state index in [1.165, 1.54) is 0 Å². The lowest BCUT2D eigenvalue weighted by atomic mass is 9.82. The normalized spacial score (nSPS) is 21.6. The van der Waals surface area contributed by atoms with Gasteiger partial charge in [-0.2, -0.15) is 0 Å². The third-order valence-corrected chi connectivity index (χ3v) is 3.66. The summed E-state index contributed by atoms with van der Waals surface area (Å²) in [6.45, 7) is 0.736. The molecule has 4 nitrogen and oxygen atoms in total. The van der Waals surface area contributed by atoms with Crippen LogP contribution in [0.2, 0.25) is 0 Å². The van der Waals surface area contributed by atoms with Crippen LogP contribution in [0.15, 0.2) is 24.3 Å². The van der Waals surface area contributed by atoms with Gasteiger partial charge in [-0.1, -0.05) is 12.1 Å². The monoisotopic (exact) mass is 263 g/mol. The highest BCUT2D eigenvalue weighted by molar-refractivity contribution is 5.78. The molecule has 19 heavy (non-hydrogen) atoms. The van der Waals surface area contributed by atoms with Gasteiger partial charge in [0.05, 0.1) is 19.6 Å². The van der Waals surface area contributed by atoms with E-state index in [9.17, 15) is 9.90 Å². The molecule has 1 aliphatic rings. The molecule has 0 radical (unpaired) electrons. The van der Waals surface area contributed by atoms with E-state index in [1.54, 1.807) is 12.0 Å². The van der Waals surface area contributed by atoms with Crippen molar-refractivity contribution in [3.05, 3.63) is 29.8 Å². The Bertz CT molecular complexity index is 441. The maximum absolute atomic E-state index is 12.1. The van der Waals surface area contributed by atoms with Crippen LogP contribution in [0, 0.1) is 5.92 Å². The number of methoxy groups -OCH3 is 1. The third kappa shape index (κ3) is 3.70. The van der Waals surface area contributed by atoms with Gasteiger partial charge in [-0.25, -0.2) is 0 Å². The smallest absolute Gasteiger partial charge is 0.226 e. The predicted molar refractivity (Wildman–Crippen MR) is 73.1 cm³/mol. The lowest BCUT2D eigenvalue weighted by molar-refractivity contribution is -0.130. The maximum Gasteiger partial charge on any atom is 0.226 e. The fraction of sp³-hybridized carbons (Fsp3) is 0.533. The second kappa shape index (κ2) is 6.06. The first-order valence-electron chi connectivity index (χ1n) is 6.63. The van der Waals surface area contributed by atoms with E-state index in [-0.39, 0.29) is 12.0 Å². The first-order chi connectivity index (χ1) is 9.08. The topological polar surface area (TPSA) is 49.8 Å². The zero-order valence-electron chi connectivity index (χ0n) is 11.5. The number of carbonyl (C=O) groups is 1. The fourth-order valence-corrected chi connectivity index (χ4v) is 2.43. The molecular weight excluding hydrogens is 242 g/mol. The number of ether oxygens (including phenoxy) is 1. The van der Waals surface area contributed by atoms with E-state index in [0.717, 1.165) is 30.7 Å². The van der Waals surface area contributed by atoms with Gasteiger partial charge < -0.3 is 14.7 Å². The van der Waals surface area contributed by atoms with Crippen LogP contribution in [0.1, 0.15) is 18.4 Å². The molecule has 0 aliphatic heterocycles. The summed E-state index contributed by atoms with van der Waals surface area (Å²) in [5, 5.41) is 9.25. The summed E-state index contributed by atoms with van der Waals surface area (Å²) in [5.41, 5.74) is 0.963. The van der Waals surface area contributed by atoms with Gasteiger partial charge in [0.25, 0.3) is 0 Å². The molecule has 0 bridgehead atoms. The van der Waals surface area contributed by atoms with E-state index in [1.807, 2.05) is 31.3 Å². The van der Waals surface area contributed by atoms with Crippen molar-refractivity contribution in [3.8, 4) is 5.75 Å². The Labute approximate surface area is 114 Å². The van der Waals surface area contributed by atoms with Crippen LogP contribution in [0.4, 0.5) is 0 Å². The highest BCUT2D eigenvalue weighted by Crippen LogP contribution is 2.27. The summed E-state index contributed by atoms with van der Waals surface area (Å²) < 4.78 is 5.15. The van der Waals surface area contributed by atoms with Gasteiger partial charge >= 0.3 is 0 Å². The van der Waals surface area contributed by atoms with Crippen molar-refractivity contribution in [2.45, 2.75) is 25.4 Å². The summed E-state index contributed by atoms with van der Waals surface area (Å²) in [6.07, 6.45) is 1.86. The minimum atomic E-state index is -0.160. The first kappa shape index (κ1) is 13.9. The van der Waals surface area contributed by atoms with E-state index in [4.69, 9.17) is 4.74 Å². The van der Waals surface area contributed by atoms with Gasteiger partial charge in [0, 0.05) is 13.6 Å². The lowest BCUT2D eigenvalue weighted by Crippen LogP contribution is -2.40. The average molecular weight is 263 g/mol. The van der Waals surface area contributed by atoms with Crippen molar-refractivity contribution in [2.75, 3.05) is 20.7 Å². The molecule has 4 heteroatoms. The number of nitrogens with zero attached hydrogens (tertiary/aromatic N) is 1.